The lowest BCUT2D eigenvalue weighted by atomic mass is 9.94. The summed E-state index contributed by atoms with van der Waals surface area (Å²) in [7, 11) is -0.980. The number of hydrogen-bond donors (Lipinski definition) is 1. The molecular weight excluding hydrogens is 282 g/mol. The van der Waals surface area contributed by atoms with Gasteiger partial charge in [-0.25, -0.2) is 8.42 Å². The standard InChI is InChI=1S/C14H22ClNO2S/c1-3-19(17,18)10-6-7-12(11-16-2)13-8-4-5-9-14(13)15/h4-5,8-9,12,16H,3,6-7,10-11H2,1-2H3. The van der Waals surface area contributed by atoms with Crippen LogP contribution in [-0.4, -0.2) is 33.5 Å². The molecule has 19 heavy (non-hydrogen) atoms. The molecule has 1 unspecified atom stereocenters. The van der Waals surface area contributed by atoms with Gasteiger partial charge < -0.3 is 5.32 Å². The third-order valence-electron chi connectivity index (χ3n) is 3.24. The molecule has 0 spiro atoms. The predicted molar refractivity (Wildman–Crippen MR) is 81.7 cm³/mol. The first kappa shape index (κ1) is 16.5. The van der Waals surface area contributed by atoms with Gasteiger partial charge in [-0.3, -0.25) is 0 Å². The van der Waals surface area contributed by atoms with Gasteiger partial charge in [0.25, 0.3) is 0 Å². The fourth-order valence-corrected chi connectivity index (χ4v) is 3.30. The molecule has 1 atom stereocenters. The third-order valence-corrected chi connectivity index (χ3v) is 5.38. The molecule has 5 heteroatoms. The molecule has 1 aromatic carbocycles. The van der Waals surface area contributed by atoms with Crippen LogP contribution in [0, 0.1) is 0 Å². The SMILES string of the molecule is CCS(=O)(=O)CCCC(CNC)c1ccccc1Cl. The van der Waals surface area contributed by atoms with Crippen LogP contribution in [0.25, 0.3) is 0 Å². The van der Waals surface area contributed by atoms with Gasteiger partial charge in [-0.1, -0.05) is 36.7 Å². The van der Waals surface area contributed by atoms with Gasteiger partial charge in [0.2, 0.25) is 0 Å². The molecule has 3 nitrogen and oxygen atoms in total. The smallest absolute Gasteiger partial charge is 0.150 e. The molecular formula is C14H22ClNO2S. The lowest BCUT2D eigenvalue weighted by molar-refractivity contribution is 0.563. The van der Waals surface area contributed by atoms with Crippen LogP contribution in [0.4, 0.5) is 0 Å². The molecule has 0 bridgehead atoms. The molecule has 0 aromatic heterocycles. The molecule has 0 aliphatic heterocycles. The first-order valence-corrected chi connectivity index (χ1v) is 8.79. The maximum Gasteiger partial charge on any atom is 0.150 e. The molecule has 0 saturated carbocycles. The van der Waals surface area contributed by atoms with Gasteiger partial charge in [-0.15, -0.1) is 0 Å². The molecule has 1 aromatic rings. The van der Waals surface area contributed by atoms with Gasteiger partial charge in [-0.2, -0.15) is 0 Å². The topological polar surface area (TPSA) is 46.2 Å². The van der Waals surface area contributed by atoms with E-state index in [1.54, 1.807) is 6.92 Å². The highest BCUT2D eigenvalue weighted by Gasteiger charge is 2.15. The summed E-state index contributed by atoms with van der Waals surface area (Å²) in [6, 6.07) is 7.76. The van der Waals surface area contributed by atoms with E-state index in [1.165, 1.54) is 0 Å². The average Bonchev–Trinajstić information content (AvgIpc) is 2.38. The number of sulfone groups is 1. The van der Waals surface area contributed by atoms with Crippen LogP contribution in [0.3, 0.4) is 0 Å². The Bertz CT molecular complexity index is 488. The van der Waals surface area contributed by atoms with Crippen molar-refractivity contribution in [2.24, 2.45) is 0 Å². The van der Waals surface area contributed by atoms with E-state index in [0.29, 0.717) is 6.42 Å². The number of rotatable bonds is 8. The van der Waals surface area contributed by atoms with Crippen molar-refractivity contribution in [2.45, 2.75) is 25.7 Å². The Labute approximate surface area is 121 Å². The lowest BCUT2D eigenvalue weighted by Gasteiger charge is -2.18. The van der Waals surface area contributed by atoms with E-state index < -0.39 is 9.84 Å². The van der Waals surface area contributed by atoms with E-state index in [1.807, 2.05) is 31.3 Å². The fraction of sp³-hybridized carbons (Fsp3) is 0.571. The van der Waals surface area contributed by atoms with Crippen molar-refractivity contribution >= 4 is 21.4 Å². The van der Waals surface area contributed by atoms with Crippen LogP contribution >= 0.6 is 11.6 Å². The van der Waals surface area contributed by atoms with E-state index in [0.717, 1.165) is 23.6 Å². The van der Waals surface area contributed by atoms with E-state index >= 15 is 0 Å². The predicted octanol–water partition coefficient (Wildman–Crippen LogP) is 2.86. The van der Waals surface area contributed by atoms with Crippen LogP contribution in [0.15, 0.2) is 24.3 Å². The minimum absolute atomic E-state index is 0.218. The Morgan fingerprint density at radius 1 is 1.32 bits per heavy atom. The second-order valence-electron chi connectivity index (χ2n) is 4.65. The van der Waals surface area contributed by atoms with E-state index in [2.05, 4.69) is 5.32 Å². The summed E-state index contributed by atoms with van der Waals surface area (Å²) < 4.78 is 23.0. The maximum atomic E-state index is 11.5. The Morgan fingerprint density at radius 3 is 2.58 bits per heavy atom. The molecule has 1 rings (SSSR count). The van der Waals surface area contributed by atoms with Gasteiger partial charge >= 0.3 is 0 Å². The first-order chi connectivity index (χ1) is 9.00. The van der Waals surface area contributed by atoms with Crippen molar-refractivity contribution in [3.05, 3.63) is 34.9 Å². The summed E-state index contributed by atoms with van der Waals surface area (Å²) >= 11 is 6.20. The summed E-state index contributed by atoms with van der Waals surface area (Å²) in [5, 5.41) is 3.90. The summed E-state index contributed by atoms with van der Waals surface area (Å²) in [5.41, 5.74) is 1.09. The van der Waals surface area contributed by atoms with Gasteiger partial charge in [-0.05, 0) is 37.4 Å². The number of halogens is 1. The monoisotopic (exact) mass is 303 g/mol. The number of nitrogens with one attached hydrogen (secondary N) is 1. The van der Waals surface area contributed by atoms with Gasteiger partial charge in [0.05, 0.1) is 5.75 Å². The Kier molecular flexibility index (Phi) is 6.83. The molecule has 0 amide bonds. The zero-order chi connectivity index (χ0) is 14.3. The van der Waals surface area contributed by atoms with Crippen molar-refractivity contribution < 1.29 is 8.42 Å². The molecule has 108 valence electrons. The molecule has 0 aliphatic carbocycles. The number of hydrogen-bond acceptors (Lipinski definition) is 3. The Morgan fingerprint density at radius 2 is 2.00 bits per heavy atom. The van der Waals surface area contributed by atoms with Crippen LogP contribution in [0.2, 0.25) is 5.02 Å². The zero-order valence-corrected chi connectivity index (χ0v) is 13.1. The quantitative estimate of drug-likeness (QED) is 0.803. The highest BCUT2D eigenvalue weighted by Crippen LogP contribution is 2.27. The number of likely N-dealkylation sites (N-methyl/N-ethyl adjacent to an activating group) is 1. The molecule has 0 heterocycles. The van der Waals surface area contributed by atoms with Crippen molar-refractivity contribution in [3.63, 3.8) is 0 Å². The van der Waals surface area contributed by atoms with Crippen LogP contribution in [-0.2, 0) is 9.84 Å². The van der Waals surface area contributed by atoms with E-state index in [-0.39, 0.29) is 17.4 Å². The minimum Gasteiger partial charge on any atom is -0.319 e. The molecule has 0 aliphatic rings. The normalized spacial score (nSPS) is 13.4. The second kappa shape index (κ2) is 7.88. The highest BCUT2D eigenvalue weighted by atomic mass is 35.5. The summed E-state index contributed by atoms with van der Waals surface area (Å²) in [5.74, 6) is 0.731. The fourth-order valence-electron chi connectivity index (χ4n) is 2.11. The zero-order valence-electron chi connectivity index (χ0n) is 11.5. The summed E-state index contributed by atoms with van der Waals surface area (Å²) in [6.07, 6.45) is 1.50. The molecule has 1 N–H and O–H groups in total. The lowest BCUT2D eigenvalue weighted by Crippen LogP contribution is -2.19. The highest BCUT2D eigenvalue weighted by molar-refractivity contribution is 7.91. The maximum absolute atomic E-state index is 11.5. The largest absolute Gasteiger partial charge is 0.319 e. The van der Waals surface area contributed by atoms with Crippen LogP contribution in [0.1, 0.15) is 31.2 Å². The van der Waals surface area contributed by atoms with Crippen LogP contribution < -0.4 is 5.32 Å². The average molecular weight is 304 g/mol. The second-order valence-corrected chi connectivity index (χ2v) is 7.53. The summed E-state index contributed by atoms with van der Waals surface area (Å²) in [6.45, 7) is 2.49. The third kappa shape index (κ3) is 5.51. The van der Waals surface area contributed by atoms with Crippen molar-refractivity contribution in [1.82, 2.24) is 5.32 Å². The number of benzene rings is 1. The minimum atomic E-state index is -2.88. The van der Waals surface area contributed by atoms with Crippen molar-refractivity contribution in [1.29, 1.82) is 0 Å². The Hall–Kier alpha value is -0.580. The van der Waals surface area contributed by atoms with Crippen LogP contribution in [0.5, 0.6) is 0 Å². The van der Waals surface area contributed by atoms with E-state index in [9.17, 15) is 8.42 Å². The van der Waals surface area contributed by atoms with Crippen molar-refractivity contribution in [2.75, 3.05) is 25.1 Å². The van der Waals surface area contributed by atoms with Gasteiger partial charge in [0.15, 0.2) is 0 Å². The molecule has 0 fully saturated rings. The van der Waals surface area contributed by atoms with Crippen molar-refractivity contribution in [3.8, 4) is 0 Å². The van der Waals surface area contributed by atoms with Gasteiger partial charge in [0.1, 0.15) is 9.84 Å². The van der Waals surface area contributed by atoms with Gasteiger partial charge in [0, 0.05) is 17.3 Å². The van der Waals surface area contributed by atoms with E-state index in [4.69, 9.17) is 11.6 Å². The molecule has 0 radical (unpaired) electrons. The Balaban J connectivity index is 2.67. The molecule has 0 saturated heterocycles. The summed E-state index contributed by atoms with van der Waals surface area (Å²) in [4.78, 5) is 0. The first-order valence-electron chi connectivity index (χ1n) is 6.59.